The maximum absolute atomic E-state index is 5.94. The third-order valence-corrected chi connectivity index (χ3v) is 6.80. The second-order valence-corrected chi connectivity index (χ2v) is 9.19. The van der Waals surface area contributed by atoms with Gasteiger partial charge in [0.1, 0.15) is 16.3 Å². The van der Waals surface area contributed by atoms with Crippen molar-refractivity contribution in [2.24, 2.45) is 0 Å². The molecule has 0 aliphatic carbocycles. The number of rotatable bonds is 3. The standard InChI is InChI=1S/C26H28N4S/c1-17-8-12-19(13-9-17)22-21-7-5-6-16-29-24(20-14-10-18(2)11-15-20)27-30(25(21)29)23(22)26(31)28(3)4/h8-15H,5-7,16H2,1-4H3. The minimum atomic E-state index is 0.817. The summed E-state index contributed by atoms with van der Waals surface area (Å²) in [6, 6.07) is 17.5. The third-order valence-electron chi connectivity index (χ3n) is 6.24. The van der Waals surface area contributed by atoms with E-state index in [2.05, 4.69) is 71.5 Å². The summed E-state index contributed by atoms with van der Waals surface area (Å²) in [5, 5.41) is 5.16. The summed E-state index contributed by atoms with van der Waals surface area (Å²) in [5.41, 5.74) is 9.73. The highest BCUT2D eigenvalue weighted by Gasteiger charge is 2.29. The summed E-state index contributed by atoms with van der Waals surface area (Å²) in [7, 11) is 4.04. The van der Waals surface area contributed by atoms with E-state index in [1.807, 2.05) is 19.0 Å². The van der Waals surface area contributed by atoms with Crippen molar-refractivity contribution in [3.8, 4) is 22.5 Å². The van der Waals surface area contributed by atoms with E-state index in [0.29, 0.717) is 0 Å². The Balaban J connectivity index is 1.85. The molecule has 1 aliphatic heterocycles. The monoisotopic (exact) mass is 428 g/mol. The molecule has 5 rings (SSSR count). The number of nitrogens with zero attached hydrogens (tertiary/aromatic N) is 4. The molecule has 2 aromatic carbocycles. The molecule has 0 bridgehead atoms. The Morgan fingerprint density at radius 1 is 0.903 bits per heavy atom. The van der Waals surface area contributed by atoms with Crippen molar-refractivity contribution >= 4 is 22.9 Å². The van der Waals surface area contributed by atoms with E-state index in [1.165, 1.54) is 39.9 Å². The Morgan fingerprint density at radius 3 is 2.13 bits per heavy atom. The van der Waals surface area contributed by atoms with Crippen LogP contribution in [0.5, 0.6) is 0 Å². The normalized spacial score (nSPS) is 13.4. The Labute approximate surface area is 189 Å². The Bertz CT molecular complexity index is 1270. The zero-order valence-corrected chi connectivity index (χ0v) is 19.5. The quantitative estimate of drug-likeness (QED) is 0.394. The first kappa shape index (κ1) is 20.0. The molecule has 0 unspecified atom stereocenters. The number of benzene rings is 2. The molecule has 2 aromatic heterocycles. The molecule has 4 nitrogen and oxygen atoms in total. The third kappa shape index (κ3) is 3.28. The van der Waals surface area contributed by atoms with Crippen molar-refractivity contribution in [1.82, 2.24) is 19.1 Å². The summed E-state index contributed by atoms with van der Waals surface area (Å²) in [6.45, 7) is 5.23. The van der Waals surface area contributed by atoms with Gasteiger partial charge in [-0.2, -0.15) is 0 Å². The van der Waals surface area contributed by atoms with Crippen LogP contribution in [0.2, 0.25) is 0 Å². The fourth-order valence-electron chi connectivity index (χ4n) is 4.60. The van der Waals surface area contributed by atoms with Gasteiger partial charge in [-0.25, -0.2) is 4.52 Å². The highest BCUT2D eigenvalue weighted by Crippen LogP contribution is 2.38. The van der Waals surface area contributed by atoms with Crippen molar-refractivity contribution in [2.45, 2.75) is 39.7 Å². The van der Waals surface area contributed by atoms with Gasteiger partial charge in [0.05, 0.1) is 0 Å². The van der Waals surface area contributed by atoms with Gasteiger partial charge >= 0.3 is 0 Å². The van der Waals surface area contributed by atoms with Gasteiger partial charge in [-0.05, 0) is 38.7 Å². The summed E-state index contributed by atoms with van der Waals surface area (Å²) in [6.07, 6.45) is 3.36. The average Bonchev–Trinajstić information content (AvgIpc) is 3.17. The number of thiocarbonyl (C=S) groups is 1. The summed E-state index contributed by atoms with van der Waals surface area (Å²) in [4.78, 5) is 2.84. The molecule has 0 radical (unpaired) electrons. The highest BCUT2D eigenvalue weighted by atomic mass is 32.1. The zero-order valence-electron chi connectivity index (χ0n) is 18.6. The molecule has 1 aliphatic rings. The molecule has 4 aromatic rings. The minimum absolute atomic E-state index is 0.817. The molecular formula is C26H28N4S. The Kier molecular flexibility index (Phi) is 4.94. The minimum Gasteiger partial charge on any atom is -0.367 e. The molecule has 0 saturated heterocycles. The highest BCUT2D eigenvalue weighted by molar-refractivity contribution is 7.80. The molecular weight excluding hydrogens is 400 g/mol. The Morgan fingerprint density at radius 2 is 1.52 bits per heavy atom. The summed E-state index contributed by atoms with van der Waals surface area (Å²) in [5.74, 6) is 1.02. The van der Waals surface area contributed by atoms with Gasteiger partial charge in [-0.1, -0.05) is 71.9 Å². The fourth-order valence-corrected chi connectivity index (χ4v) is 4.78. The van der Waals surface area contributed by atoms with Gasteiger partial charge in [0.2, 0.25) is 0 Å². The van der Waals surface area contributed by atoms with E-state index in [0.717, 1.165) is 41.5 Å². The SMILES string of the molecule is Cc1ccc(-c2c3c4n(c(-c5ccc(C)cc5)nn4c2C(=S)N(C)C)CCCC3)cc1. The maximum Gasteiger partial charge on any atom is 0.162 e. The predicted octanol–water partition coefficient (Wildman–Crippen LogP) is 5.66. The van der Waals surface area contributed by atoms with Crippen LogP contribution < -0.4 is 0 Å². The zero-order chi connectivity index (χ0) is 21.7. The van der Waals surface area contributed by atoms with E-state index < -0.39 is 0 Å². The van der Waals surface area contributed by atoms with E-state index in [9.17, 15) is 0 Å². The van der Waals surface area contributed by atoms with Gasteiger partial charge in [-0.3, -0.25) is 0 Å². The molecule has 0 fully saturated rings. The van der Waals surface area contributed by atoms with Crippen LogP contribution in [0.4, 0.5) is 0 Å². The number of aromatic nitrogens is 3. The number of aryl methyl sites for hydroxylation is 4. The average molecular weight is 429 g/mol. The molecule has 0 saturated carbocycles. The van der Waals surface area contributed by atoms with Crippen LogP contribution in [0.3, 0.4) is 0 Å². The van der Waals surface area contributed by atoms with Crippen LogP contribution in [0.15, 0.2) is 48.5 Å². The molecule has 0 atom stereocenters. The first-order valence-corrected chi connectivity index (χ1v) is 11.4. The van der Waals surface area contributed by atoms with Crippen LogP contribution >= 0.6 is 12.2 Å². The topological polar surface area (TPSA) is 25.5 Å². The van der Waals surface area contributed by atoms with E-state index in [1.54, 1.807) is 0 Å². The van der Waals surface area contributed by atoms with E-state index >= 15 is 0 Å². The molecule has 5 heteroatoms. The van der Waals surface area contributed by atoms with Crippen molar-refractivity contribution in [2.75, 3.05) is 14.1 Å². The molecule has 0 N–H and O–H groups in total. The lowest BCUT2D eigenvalue weighted by atomic mass is 9.97. The van der Waals surface area contributed by atoms with Gasteiger partial charge in [-0.15, -0.1) is 5.10 Å². The lowest BCUT2D eigenvalue weighted by molar-refractivity contribution is 0.632. The molecule has 3 heterocycles. The van der Waals surface area contributed by atoms with Crippen LogP contribution in [0, 0.1) is 13.8 Å². The van der Waals surface area contributed by atoms with Gasteiger partial charge in [0, 0.05) is 37.3 Å². The summed E-state index contributed by atoms with van der Waals surface area (Å²) < 4.78 is 4.53. The van der Waals surface area contributed by atoms with E-state index in [-0.39, 0.29) is 0 Å². The predicted molar refractivity (Wildman–Crippen MR) is 132 cm³/mol. The first-order chi connectivity index (χ1) is 15.0. The molecule has 158 valence electrons. The molecule has 0 spiro atoms. The van der Waals surface area contributed by atoms with Crippen molar-refractivity contribution in [1.29, 1.82) is 0 Å². The molecule has 0 amide bonds. The van der Waals surface area contributed by atoms with Gasteiger partial charge in [0.15, 0.2) is 5.82 Å². The number of hydrogen-bond acceptors (Lipinski definition) is 2. The van der Waals surface area contributed by atoms with Crippen LogP contribution in [0.1, 0.15) is 35.2 Å². The van der Waals surface area contributed by atoms with Crippen molar-refractivity contribution in [3.05, 3.63) is 70.9 Å². The molecule has 31 heavy (non-hydrogen) atoms. The van der Waals surface area contributed by atoms with Crippen molar-refractivity contribution < 1.29 is 0 Å². The van der Waals surface area contributed by atoms with Crippen molar-refractivity contribution in [3.63, 3.8) is 0 Å². The first-order valence-electron chi connectivity index (χ1n) is 11.0. The fraction of sp³-hybridized carbons (Fsp3) is 0.308. The number of hydrogen-bond donors (Lipinski definition) is 0. The smallest absolute Gasteiger partial charge is 0.162 e. The largest absolute Gasteiger partial charge is 0.367 e. The lowest BCUT2D eigenvalue weighted by Gasteiger charge is -2.16. The van der Waals surface area contributed by atoms with E-state index in [4.69, 9.17) is 17.3 Å². The second kappa shape index (κ2) is 7.65. The lowest BCUT2D eigenvalue weighted by Crippen LogP contribution is -2.23. The maximum atomic E-state index is 5.94. The van der Waals surface area contributed by atoms with Crippen LogP contribution in [-0.2, 0) is 13.0 Å². The van der Waals surface area contributed by atoms with Gasteiger partial charge in [0.25, 0.3) is 0 Å². The van der Waals surface area contributed by atoms with Crippen LogP contribution in [0.25, 0.3) is 28.2 Å². The van der Waals surface area contributed by atoms with Gasteiger partial charge < -0.3 is 9.47 Å². The van der Waals surface area contributed by atoms with Crippen LogP contribution in [-0.4, -0.2) is 38.2 Å². The summed E-state index contributed by atoms with van der Waals surface area (Å²) >= 11 is 5.94. The second-order valence-electron chi connectivity index (χ2n) is 8.80. The Hall–Kier alpha value is -2.92.